The maximum absolute atomic E-state index is 10.5. The van der Waals surface area contributed by atoms with Gasteiger partial charge >= 0.3 is 0 Å². The van der Waals surface area contributed by atoms with E-state index < -0.39 is 5.54 Å². The summed E-state index contributed by atoms with van der Waals surface area (Å²) in [6.45, 7) is 5.82. The first kappa shape index (κ1) is 13.7. The fourth-order valence-corrected chi connectivity index (χ4v) is 3.38. The summed E-state index contributed by atoms with van der Waals surface area (Å²) in [7, 11) is 0. The van der Waals surface area contributed by atoms with Crippen molar-refractivity contribution in [2.75, 3.05) is 0 Å². The Kier molecular flexibility index (Phi) is 3.61. The standard InChI is InChI=1S/C15H22ClNO/c1-9-10(2)14(18)12(11(3)13(9)16)15(17)7-5-4-6-8-15/h18H,4-8,17H2,1-3H3. The first-order valence-corrected chi connectivity index (χ1v) is 7.04. The van der Waals surface area contributed by atoms with Gasteiger partial charge in [-0.05, 0) is 50.3 Å². The topological polar surface area (TPSA) is 46.2 Å². The Morgan fingerprint density at radius 1 is 1.00 bits per heavy atom. The second-order valence-corrected chi connectivity index (χ2v) is 6.01. The molecular weight excluding hydrogens is 246 g/mol. The lowest BCUT2D eigenvalue weighted by Crippen LogP contribution is -2.39. The van der Waals surface area contributed by atoms with Crippen molar-refractivity contribution >= 4 is 11.6 Å². The third-order valence-electron chi connectivity index (χ3n) is 4.43. The van der Waals surface area contributed by atoms with Crippen LogP contribution in [0.3, 0.4) is 0 Å². The lowest BCUT2D eigenvalue weighted by molar-refractivity contribution is 0.290. The first-order valence-electron chi connectivity index (χ1n) is 6.66. The Morgan fingerprint density at radius 3 is 2.11 bits per heavy atom. The summed E-state index contributed by atoms with van der Waals surface area (Å²) in [5, 5.41) is 11.2. The summed E-state index contributed by atoms with van der Waals surface area (Å²) in [4.78, 5) is 0. The minimum atomic E-state index is -0.408. The van der Waals surface area contributed by atoms with Gasteiger partial charge in [0, 0.05) is 16.1 Å². The van der Waals surface area contributed by atoms with Crippen LogP contribution in [0.15, 0.2) is 0 Å². The van der Waals surface area contributed by atoms with Gasteiger partial charge in [0.15, 0.2) is 0 Å². The van der Waals surface area contributed by atoms with E-state index in [2.05, 4.69) is 0 Å². The number of phenols is 1. The van der Waals surface area contributed by atoms with Gasteiger partial charge in [-0.3, -0.25) is 0 Å². The Balaban J connectivity index is 2.63. The summed E-state index contributed by atoms with van der Waals surface area (Å²) >= 11 is 6.37. The number of phenolic OH excluding ortho intramolecular Hbond substituents is 1. The van der Waals surface area contributed by atoms with Gasteiger partial charge in [-0.2, -0.15) is 0 Å². The van der Waals surface area contributed by atoms with E-state index in [0.717, 1.165) is 53.0 Å². The molecule has 0 aromatic heterocycles. The smallest absolute Gasteiger partial charge is 0.124 e. The van der Waals surface area contributed by atoms with Crippen molar-refractivity contribution in [1.29, 1.82) is 0 Å². The molecule has 1 aromatic carbocycles. The molecule has 1 saturated carbocycles. The fourth-order valence-electron chi connectivity index (χ4n) is 3.14. The number of halogens is 1. The van der Waals surface area contributed by atoms with Crippen molar-refractivity contribution in [2.24, 2.45) is 5.73 Å². The van der Waals surface area contributed by atoms with Crippen molar-refractivity contribution in [2.45, 2.75) is 58.4 Å². The molecule has 0 heterocycles. The number of hydrogen-bond acceptors (Lipinski definition) is 2. The molecule has 2 nitrogen and oxygen atoms in total. The van der Waals surface area contributed by atoms with Crippen molar-refractivity contribution in [3.63, 3.8) is 0 Å². The maximum atomic E-state index is 10.5. The van der Waals surface area contributed by atoms with Gasteiger partial charge in [-0.1, -0.05) is 30.9 Å². The molecule has 2 rings (SSSR count). The van der Waals surface area contributed by atoms with Crippen LogP contribution in [0.4, 0.5) is 0 Å². The average Bonchev–Trinajstić information content (AvgIpc) is 2.35. The van der Waals surface area contributed by atoms with Crippen LogP contribution in [0.1, 0.15) is 54.4 Å². The molecule has 0 saturated heterocycles. The molecule has 0 aliphatic heterocycles. The Hall–Kier alpha value is -0.730. The van der Waals surface area contributed by atoms with Crippen LogP contribution in [-0.4, -0.2) is 5.11 Å². The van der Waals surface area contributed by atoms with E-state index in [-0.39, 0.29) is 0 Å². The first-order chi connectivity index (χ1) is 8.38. The molecule has 0 unspecified atom stereocenters. The largest absolute Gasteiger partial charge is 0.507 e. The molecule has 3 heteroatoms. The molecule has 1 aromatic rings. The Labute approximate surface area is 114 Å². The van der Waals surface area contributed by atoms with E-state index in [1.165, 1.54) is 6.42 Å². The van der Waals surface area contributed by atoms with Crippen molar-refractivity contribution in [1.82, 2.24) is 0 Å². The zero-order chi connectivity index (χ0) is 13.5. The molecule has 0 spiro atoms. The van der Waals surface area contributed by atoms with E-state index in [4.69, 9.17) is 17.3 Å². The SMILES string of the molecule is Cc1c(C)c(Cl)c(C)c(C2(N)CCCCC2)c1O. The molecule has 0 bridgehead atoms. The zero-order valence-electron chi connectivity index (χ0n) is 11.4. The highest BCUT2D eigenvalue weighted by Crippen LogP contribution is 2.45. The summed E-state index contributed by atoms with van der Waals surface area (Å²) in [5.74, 6) is 0.346. The van der Waals surface area contributed by atoms with Crippen LogP contribution in [-0.2, 0) is 5.54 Å². The molecule has 1 aliphatic rings. The summed E-state index contributed by atoms with van der Waals surface area (Å²) in [6, 6.07) is 0. The molecule has 0 amide bonds. The number of benzene rings is 1. The highest BCUT2D eigenvalue weighted by atomic mass is 35.5. The summed E-state index contributed by atoms with van der Waals surface area (Å²) < 4.78 is 0. The van der Waals surface area contributed by atoms with E-state index in [9.17, 15) is 5.11 Å². The minimum absolute atomic E-state index is 0.346. The second-order valence-electron chi connectivity index (χ2n) is 5.63. The second kappa shape index (κ2) is 4.75. The van der Waals surface area contributed by atoms with E-state index >= 15 is 0 Å². The highest BCUT2D eigenvalue weighted by molar-refractivity contribution is 6.32. The Bertz CT molecular complexity index is 447. The minimum Gasteiger partial charge on any atom is -0.507 e. The maximum Gasteiger partial charge on any atom is 0.124 e. The number of nitrogens with two attached hydrogens (primary N) is 1. The van der Waals surface area contributed by atoms with Gasteiger partial charge in [0.05, 0.1) is 0 Å². The van der Waals surface area contributed by atoms with E-state index in [1.54, 1.807) is 0 Å². The monoisotopic (exact) mass is 267 g/mol. The van der Waals surface area contributed by atoms with Gasteiger partial charge in [0.2, 0.25) is 0 Å². The predicted octanol–water partition coefficient (Wildman–Crippen LogP) is 4.09. The average molecular weight is 268 g/mol. The van der Waals surface area contributed by atoms with Crippen LogP contribution in [0, 0.1) is 20.8 Å². The molecule has 18 heavy (non-hydrogen) atoms. The lowest BCUT2D eigenvalue weighted by Gasteiger charge is -2.36. The van der Waals surface area contributed by atoms with Crippen LogP contribution in [0.2, 0.25) is 5.02 Å². The molecule has 0 radical (unpaired) electrons. The predicted molar refractivity (Wildman–Crippen MR) is 76.3 cm³/mol. The van der Waals surface area contributed by atoms with Gasteiger partial charge in [0.1, 0.15) is 5.75 Å². The zero-order valence-corrected chi connectivity index (χ0v) is 12.2. The third-order valence-corrected chi connectivity index (χ3v) is 5.00. The molecule has 100 valence electrons. The number of hydrogen-bond donors (Lipinski definition) is 2. The van der Waals surface area contributed by atoms with Crippen molar-refractivity contribution in [3.8, 4) is 5.75 Å². The lowest BCUT2D eigenvalue weighted by atomic mass is 9.74. The van der Waals surface area contributed by atoms with E-state index in [0.29, 0.717) is 5.75 Å². The third kappa shape index (κ3) is 2.02. The van der Waals surface area contributed by atoms with Crippen LogP contribution in [0.5, 0.6) is 5.75 Å². The van der Waals surface area contributed by atoms with Crippen LogP contribution >= 0.6 is 11.6 Å². The van der Waals surface area contributed by atoms with Crippen molar-refractivity contribution in [3.05, 3.63) is 27.3 Å². The molecule has 3 N–H and O–H groups in total. The van der Waals surface area contributed by atoms with Gasteiger partial charge in [-0.15, -0.1) is 0 Å². The normalized spacial score (nSPS) is 18.9. The van der Waals surface area contributed by atoms with Gasteiger partial charge < -0.3 is 10.8 Å². The van der Waals surface area contributed by atoms with Crippen LogP contribution in [0.25, 0.3) is 0 Å². The van der Waals surface area contributed by atoms with Gasteiger partial charge in [0.25, 0.3) is 0 Å². The Morgan fingerprint density at radius 2 is 1.56 bits per heavy atom. The fraction of sp³-hybridized carbons (Fsp3) is 0.600. The summed E-state index contributed by atoms with van der Waals surface area (Å²) in [6.07, 6.45) is 5.34. The quantitative estimate of drug-likeness (QED) is 0.805. The van der Waals surface area contributed by atoms with Crippen molar-refractivity contribution < 1.29 is 5.11 Å². The molecule has 0 atom stereocenters. The van der Waals surface area contributed by atoms with Crippen LogP contribution < -0.4 is 5.73 Å². The van der Waals surface area contributed by atoms with E-state index in [1.807, 2.05) is 20.8 Å². The summed E-state index contributed by atoms with van der Waals surface area (Å²) in [5.41, 5.74) is 9.77. The number of rotatable bonds is 1. The molecule has 1 aliphatic carbocycles. The van der Waals surface area contributed by atoms with Gasteiger partial charge in [-0.25, -0.2) is 0 Å². The number of aromatic hydroxyl groups is 1. The highest BCUT2D eigenvalue weighted by Gasteiger charge is 2.35. The molecule has 1 fully saturated rings. The molecular formula is C15H22ClNO.